The Morgan fingerprint density at radius 2 is 2.11 bits per heavy atom. The summed E-state index contributed by atoms with van der Waals surface area (Å²) in [5.41, 5.74) is 1.91. The highest BCUT2D eigenvalue weighted by Crippen LogP contribution is 2.16. The third-order valence-corrected chi connectivity index (χ3v) is 2.96. The van der Waals surface area contributed by atoms with Crippen molar-refractivity contribution in [3.05, 3.63) is 29.8 Å². The summed E-state index contributed by atoms with van der Waals surface area (Å²) in [5, 5.41) is 11.8. The van der Waals surface area contributed by atoms with Crippen LogP contribution in [0.2, 0.25) is 0 Å². The molecule has 96 valence electrons. The Labute approximate surface area is 109 Å². The minimum Gasteiger partial charge on any atom is -0.326 e. The van der Waals surface area contributed by atoms with E-state index in [1.54, 1.807) is 0 Å². The molecule has 0 aliphatic rings. The number of rotatable bonds is 6. The van der Waals surface area contributed by atoms with Crippen LogP contribution in [0.5, 0.6) is 0 Å². The molecule has 1 atom stereocenters. The molecule has 0 fully saturated rings. The van der Waals surface area contributed by atoms with E-state index >= 15 is 0 Å². The zero-order valence-corrected chi connectivity index (χ0v) is 11.1. The molecule has 0 aliphatic heterocycles. The van der Waals surface area contributed by atoms with Gasteiger partial charge in [-0.2, -0.15) is 5.26 Å². The monoisotopic (exact) mass is 244 g/mol. The van der Waals surface area contributed by atoms with E-state index in [1.807, 2.05) is 31.2 Å². The number of aryl methyl sites for hydroxylation is 1. The lowest BCUT2D eigenvalue weighted by atomic mass is 9.99. The lowest BCUT2D eigenvalue weighted by Gasteiger charge is -2.09. The number of hydrogen-bond donors (Lipinski definition) is 1. The van der Waals surface area contributed by atoms with Crippen molar-refractivity contribution in [1.29, 1.82) is 5.26 Å². The lowest BCUT2D eigenvalue weighted by molar-refractivity contribution is -0.116. The molecule has 0 saturated carbocycles. The van der Waals surface area contributed by atoms with Crippen LogP contribution in [0.25, 0.3) is 0 Å². The molecule has 3 heteroatoms. The maximum absolute atomic E-state index is 11.8. The Morgan fingerprint density at radius 3 is 2.72 bits per heavy atom. The molecule has 3 nitrogen and oxygen atoms in total. The van der Waals surface area contributed by atoms with Gasteiger partial charge in [0.25, 0.3) is 0 Å². The van der Waals surface area contributed by atoms with Crippen LogP contribution in [0.1, 0.15) is 38.2 Å². The van der Waals surface area contributed by atoms with E-state index in [2.05, 4.69) is 18.3 Å². The molecule has 0 spiro atoms. The van der Waals surface area contributed by atoms with E-state index in [0.29, 0.717) is 12.8 Å². The Balaban J connectivity index is 2.43. The normalized spacial score (nSPS) is 11.6. The highest BCUT2D eigenvalue weighted by atomic mass is 16.1. The van der Waals surface area contributed by atoms with Gasteiger partial charge in [-0.15, -0.1) is 0 Å². The van der Waals surface area contributed by atoms with Crippen molar-refractivity contribution < 1.29 is 4.79 Å². The third-order valence-electron chi connectivity index (χ3n) is 2.96. The van der Waals surface area contributed by atoms with Crippen molar-refractivity contribution in [2.45, 2.75) is 39.5 Å². The first-order valence-electron chi connectivity index (χ1n) is 6.42. The van der Waals surface area contributed by atoms with E-state index < -0.39 is 0 Å². The van der Waals surface area contributed by atoms with Crippen LogP contribution in [0.4, 0.5) is 5.69 Å². The molecule has 0 aliphatic carbocycles. The molecular formula is C15H20N2O. The smallest absolute Gasteiger partial charge is 0.224 e. The van der Waals surface area contributed by atoms with Crippen molar-refractivity contribution >= 4 is 11.6 Å². The van der Waals surface area contributed by atoms with Gasteiger partial charge in [-0.1, -0.05) is 31.5 Å². The first-order valence-corrected chi connectivity index (χ1v) is 6.42. The molecule has 1 unspecified atom stereocenters. The summed E-state index contributed by atoms with van der Waals surface area (Å²) < 4.78 is 0. The van der Waals surface area contributed by atoms with Gasteiger partial charge < -0.3 is 5.32 Å². The van der Waals surface area contributed by atoms with Crippen LogP contribution in [-0.2, 0) is 4.79 Å². The van der Waals surface area contributed by atoms with E-state index in [1.165, 1.54) is 0 Å². The maximum Gasteiger partial charge on any atom is 0.224 e. The van der Waals surface area contributed by atoms with E-state index in [9.17, 15) is 4.79 Å². The molecule has 1 amide bonds. The molecule has 1 aromatic carbocycles. The van der Waals surface area contributed by atoms with E-state index in [-0.39, 0.29) is 11.8 Å². The molecule has 0 aromatic heterocycles. The second-order valence-electron chi connectivity index (χ2n) is 4.52. The second-order valence-corrected chi connectivity index (χ2v) is 4.52. The summed E-state index contributed by atoms with van der Waals surface area (Å²) in [6.45, 7) is 4.02. The fraction of sp³-hybridized carbons (Fsp3) is 0.467. The number of nitriles is 1. The molecule has 1 rings (SSSR count). The quantitative estimate of drug-likeness (QED) is 0.830. The van der Waals surface area contributed by atoms with Crippen LogP contribution in [-0.4, -0.2) is 5.91 Å². The van der Waals surface area contributed by atoms with Crippen LogP contribution in [0.15, 0.2) is 24.3 Å². The summed E-state index contributed by atoms with van der Waals surface area (Å²) in [4.78, 5) is 11.8. The van der Waals surface area contributed by atoms with Gasteiger partial charge in [0.15, 0.2) is 0 Å². The standard InChI is InChI=1S/C15H20N2O/c1-3-6-13(11-16)9-10-15(18)17-14-8-5-4-7-12(14)2/h4-5,7-8,13H,3,6,9-10H2,1-2H3,(H,17,18). The number of amides is 1. The van der Waals surface area contributed by atoms with Gasteiger partial charge in [-0.05, 0) is 31.4 Å². The molecule has 1 N–H and O–H groups in total. The first kappa shape index (κ1) is 14.2. The number of carbonyl (C=O) groups excluding carboxylic acids is 1. The average molecular weight is 244 g/mol. The summed E-state index contributed by atoms with van der Waals surface area (Å²) in [7, 11) is 0. The Kier molecular flexibility index (Phi) is 5.93. The number of nitrogens with zero attached hydrogens (tertiary/aromatic N) is 1. The second kappa shape index (κ2) is 7.50. The van der Waals surface area contributed by atoms with Gasteiger partial charge in [0, 0.05) is 18.0 Å². The zero-order valence-electron chi connectivity index (χ0n) is 11.1. The number of benzene rings is 1. The van der Waals surface area contributed by atoms with Crippen molar-refractivity contribution in [3.8, 4) is 6.07 Å². The highest BCUT2D eigenvalue weighted by Gasteiger charge is 2.10. The molecular weight excluding hydrogens is 224 g/mol. The molecule has 0 heterocycles. The van der Waals surface area contributed by atoms with Crippen molar-refractivity contribution in [2.75, 3.05) is 5.32 Å². The number of anilines is 1. The minimum atomic E-state index is -0.0133. The van der Waals surface area contributed by atoms with Crippen LogP contribution in [0, 0.1) is 24.2 Å². The fourth-order valence-corrected chi connectivity index (χ4v) is 1.85. The predicted octanol–water partition coefficient (Wildman–Crippen LogP) is 3.65. The van der Waals surface area contributed by atoms with Crippen LogP contribution >= 0.6 is 0 Å². The SMILES string of the molecule is CCCC(C#N)CCC(=O)Nc1ccccc1C. The number of carbonyl (C=O) groups is 1. The summed E-state index contributed by atoms with van der Waals surface area (Å²) in [5.74, 6) is -0.0155. The number of nitrogens with one attached hydrogen (secondary N) is 1. The lowest BCUT2D eigenvalue weighted by Crippen LogP contribution is -2.13. The highest BCUT2D eigenvalue weighted by molar-refractivity contribution is 5.91. The van der Waals surface area contributed by atoms with Crippen molar-refractivity contribution in [2.24, 2.45) is 5.92 Å². The minimum absolute atomic E-state index is 0.00220. The van der Waals surface area contributed by atoms with Crippen molar-refractivity contribution in [1.82, 2.24) is 0 Å². The van der Waals surface area contributed by atoms with Gasteiger partial charge in [0.1, 0.15) is 0 Å². The molecule has 0 bridgehead atoms. The number of para-hydroxylation sites is 1. The van der Waals surface area contributed by atoms with Crippen LogP contribution in [0.3, 0.4) is 0 Å². The van der Waals surface area contributed by atoms with Gasteiger partial charge in [0.05, 0.1) is 6.07 Å². The van der Waals surface area contributed by atoms with Gasteiger partial charge in [-0.25, -0.2) is 0 Å². The summed E-state index contributed by atoms with van der Waals surface area (Å²) >= 11 is 0. The van der Waals surface area contributed by atoms with Gasteiger partial charge in [0.2, 0.25) is 5.91 Å². The van der Waals surface area contributed by atoms with E-state index in [0.717, 1.165) is 24.1 Å². The predicted molar refractivity (Wildman–Crippen MR) is 73.1 cm³/mol. The van der Waals surface area contributed by atoms with E-state index in [4.69, 9.17) is 5.26 Å². The molecule has 0 saturated heterocycles. The summed E-state index contributed by atoms with van der Waals surface area (Å²) in [6, 6.07) is 9.95. The van der Waals surface area contributed by atoms with Crippen LogP contribution < -0.4 is 5.32 Å². The Bertz CT molecular complexity index is 434. The number of hydrogen-bond acceptors (Lipinski definition) is 2. The molecule has 1 aromatic rings. The Morgan fingerprint density at radius 1 is 1.39 bits per heavy atom. The summed E-state index contributed by atoms with van der Waals surface area (Å²) in [6.07, 6.45) is 2.90. The largest absolute Gasteiger partial charge is 0.326 e. The van der Waals surface area contributed by atoms with Crippen molar-refractivity contribution in [3.63, 3.8) is 0 Å². The van der Waals surface area contributed by atoms with Gasteiger partial charge in [-0.3, -0.25) is 4.79 Å². The molecule has 18 heavy (non-hydrogen) atoms. The van der Waals surface area contributed by atoms with Gasteiger partial charge >= 0.3 is 0 Å². The topological polar surface area (TPSA) is 52.9 Å². The zero-order chi connectivity index (χ0) is 13.4. The average Bonchev–Trinajstić information content (AvgIpc) is 2.37. The molecule has 0 radical (unpaired) electrons. The third kappa shape index (κ3) is 4.58. The first-order chi connectivity index (χ1) is 8.67. The Hall–Kier alpha value is -1.82. The maximum atomic E-state index is 11.8. The fourth-order valence-electron chi connectivity index (χ4n) is 1.85.